The van der Waals surface area contributed by atoms with Gasteiger partial charge in [0, 0.05) is 17.1 Å². The molecule has 0 aliphatic carbocycles. The Kier molecular flexibility index (Phi) is 7.68. The zero-order valence-electron chi connectivity index (χ0n) is 17.7. The van der Waals surface area contributed by atoms with Crippen molar-refractivity contribution in [1.82, 2.24) is 10.2 Å². The first kappa shape index (κ1) is 22.8. The summed E-state index contributed by atoms with van der Waals surface area (Å²) >= 11 is 6.23. The third-order valence-electron chi connectivity index (χ3n) is 4.48. The Balaban J connectivity index is 2.26. The lowest BCUT2D eigenvalue weighted by Crippen LogP contribution is -2.52. The van der Waals surface area contributed by atoms with Gasteiger partial charge in [-0.05, 0) is 57.0 Å². The van der Waals surface area contributed by atoms with Gasteiger partial charge in [0.15, 0.2) is 0 Å². The largest absolute Gasteiger partial charge is 0.497 e. The van der Waals surface area contributed by atoms with Gasteiger partial charge in [0.1, 0.15) is 11.8 Å². The molecule has 2 aromatic carbocycles. The monoisotopic (exact) mass is 416 g/mol. The van der Waals surface area contributed by atoms with Gasteiger partial charge in [-0.1, -0.05) is 41.9 Å². The van der Waals surface area contributed by atoms with E-state index in [-0.39, 0.29) is 23.8 Å². The van der Waals surface area contributed by atoms with E-state index in [9.17, 15) is 9.59 Å². The molecule has 2 amide bonds. The van der Waals surface area contributed by atoms with Crippen molar-refractivity contribution in [3.63, 3.8) is 0 Å². The van der Waals surface area contributed by atoms with Gasteiger partial charge in [-0.15, -0.1) is 0 Å². The van der Waals surface area contributed by atoms with Crippen LogP contribution >= 0.6 is 11.6 Å². The van der Waals surface area contributed by atoms with Crippen LogP contribution in [0, 0.1) is 0 Å². The van der Waals surface area contributed by atoms with E-state index in [1.165, 1.54) is 0 Å². The SMILES string of the molecule is COc1ccc(CN(C(=O)Cc2ccccc2Cl)[C@@H](C)C(=O)NC(C)(C)C)cc1. The summed E-state index contributed by atoms with van der Waals surface area (Å²) in [5.41, 5.74) is 1.26. The van der Waals surface area contributed by atoms with E-state index in [4.69, 9.17) is 16.3 Å². The highest BCUT2D eigenvalue weighted by Gasteiger charge is 2.28. The van der Waals surface area contributed by atoms with Crippen LogP contribution < -0.4 is 10.1 Å². The van der Waals surface area contributed by atoms with Crippen LogP contribution in [0.3, 0.4) is 0 Å². The maximum absolute atomic E-state index is 13.2. The summed E-state index contributed by atoms with van der Waals surface area (Å²) in [5.74, 6) is 0.380. The minimum absolute atomic E-state index is 0.128. The van der Waals surface area contributed by atoms with Crippen molar-refractivity contribution >= 4 is 23.4 Å². The molecule has 0 spiro atoms. The van der Waals surface area contributed by atoms with Gasteiger partial charge < -0.3 is 15.0 Å². The van der Waals surface area contributed by atoms with Crippen LogP contribution in [0.5, 0.6) is 5.75 Å². The Morgan fingerprint density at radius 2 is 1.72 bits per heavy atom. The summed E-state index contributed by atoms with van der Waals surface area (Å²) in [5, 5.41) is 3.49. The summed E-state index contributed by atoms with van der Waals surface area (Å²) in [6, 6.07) is 14.1. The van der Waals surface area contributed by atoms with Crippen LogP contribution in [0.25, 0.3) is 0 Å². The van der Waals surface area contributed by atoms with Crippen molar-refractivity contribution in [2.75, 3.05) is 7.11 Å². The average molecular weight is 417 g/mol. The first-order chi connectivity index (χ1) is 13.6. The highest BCUT2D eigenvalue weighted by Crippen LogP contribution is 2.19. The van der Waals surface area contributed by atoms with E-state index in [0.29, 0.717) is 11.6 Å². The van der Waals surface area contributed by atoms with Crippen molar-refractivity contribution in [3.05, 3.63) is 64.7 Å². The second kappa shape index (κ2) is 9.79. The molecule has 0 saturated heterocycles. The molecular weight excluding hydrogens is 388 g/mol. The normalized spacial score (nSPS) is 12.2. The van der Waals surface area contributed by atoms with Crippen molar-refractivity contribution in [2.24, 2.45) is 0 Å². The van der Waals surface area contributed by atoms with Gasteiger partial charge in [-0.25, -0.2) is 0 Å². The van der Waals surface area contributed by atoms with E-state index in [1.807, 2.05) is 63.2 Å². The molecule has 0 heterocycles. The summed E-state index contributed by atoms with van der Waals surface area (Å²) in [7, 11) is 1.60. The van der Waals surface area contributed by atoms with E-state index in [1.54, 1.807) is 25.0 Å². The fourth-order valence-corrected chi connectivity index (χ4v) is 3.09. The predicted molar refractivity (Wildman–Crippen MR) is 116 cm³/mol. The van der Waals surface area contributed by atoms with E-state index < -0.39 is 6.04 Å². The molecule has 0 bridgehead atoms. The number of hydrogen-bond acceptors (Lipinski definition) is 3. The fraction of sp³-hybridized carbons (Fsp3) is 0.391. The number of nitrogens with zero attached hydrogens (tertiary/aromatic N) is 1. The number of carbonyl (C=O) groups is 2. The minimum Gasteiger partial charge on any atom is -0.497 e. The van der Waals surface area contributed by atoms with E-state index in [2.05, 4.69) is 5.32 Å². The number of benzene rings is 2. The summed E-state index contributed by atoms with van der Waals surface area (Å²) < 4.78 is 5.19. The van der Waals surface area contributed by atoms with Crippen molar-refractivity contribution < 1.29 is 14.3 Å². The predicted octanol–water partition coefficient (Wildman–Crippen LogP) is 4.22. The molecule has 29 heavy (non-hydrogen) atoms. The standard InChI is InChI=1S/C23H29ClN2O3/c1-16(22(28)25-23(2,3)4)26(15-17-10-12-19(29-5)13-11-17)21(27)14-18-8-6-7-9-20(18)24/h6-13,16H,14-15H2,1-5H3,(H,25,28)/t16-/m0/s1. The Bertz CT molecular complexity index is 844. The van der Waals surface area contributed by atoms with E-state index in [0.717, 1.165) is 16.9 Å². The maximum Gasteiger partial charge on any atom is 0.242 e. The fourth-order valence-electron chi connectivity index (χ4n) is 2.89. The molecule has 1 N–H and O–H groups in total. The maximum atomic E-state index is 13.2. The quantitative estimate of drug-likeness (QED) is 0.735. The number of hydrogen-bond donors (Lipinski definition) is 1. The Labute approximate surface area is 178 Å². The molecule has 2 aromatic rings. The van der Waals surface area contributed by atoms with Crippen LogP contribution in [-0.4, -0.2) is 35.4 Å². The molecule has 5 nitrogen and oxygen atoms in total. The Morgan fingerprint density at radius 1 is 1.10 bits per heavy atom. The number of ether oxygens (including phenoxy) is 1. The molecule has 0 fully saturated rings. The molecule has 6 heteroatoms. The second-order valence-corrected chi connectivity index (χ2v) is 8.46. The highest BCUT2D eigenvalue weighted by atomic mass is 35.5. The molecule has 0 radical (unpaired) electrons. The topological polar surface area (TPSA) is 58.6 Å². The van der Waals surface area contributed by atoms with Crippen molar-refractivity contribution in [1.29, 1.82) is 0 Å². The third-order valence-corrected chi connectivity index (χ3v) is 4.85. The molecular formula is C23H29ClN2O3. The zero-order chi connectivity index (χ0) is 21.6. The zero-order valence-corrected chi connectivity index (χ0v) is 18.4. The lowest BCUT2D eigenvalue weighted by atomic mass is 10.1. The van der Waals surface area contributed by atoms with Crippen LogP contribution in [0.1, 0.15) is 38.8 Å². The number of nitrogens with one attached hydrogen (secondary N) is 1. The number of amides is 2. The van der Waals surface area contributed by atoms with Gasteiger partial charge in [0.2, 0.25) is 11.8 Å². The van der Waals surface area contributed by atoms with Crippen LogP contribution in [0.4, 0.5) is 0 Å². The van der Waals surface area contributed by atoms with Gasteiger partial charge in [-0.3, -0.25) is 9.59 Å². The van der Waals surface area contributed by atoms with Crippen molar-refractivity contribution in [2.45, 2.75) is 52.2 Å². The summed E-state index contributed by atoms with van der Waals surface area (Å²) in [4.78, 5) is 27.5. The minimum atomic E-state index is -0.633. The van der Waals surface area contributed by atoms with Gasteiger partial charge >= 0.3 is 0 Å². The highest BCUT2D eigenvalue weighted by molar-refractivity contribution is 6.31. The molecule has 0 unspecified atom stereocenters. The smallest absolute Gasteiger partial charge is 0.242 e. The molecule has 0 aromatic heterocycles. The first-order valence-corrected chi connectivity index (χ1v) is 9.96. The molecule has 2 rings (SSSR count). The molecule has 1 atom stereocenters. The summed E-state index contributed by atoms with van der Waals surface area (Å²) in [6.45, 7) is 7.80. The van der Waals surface area contributed by atoms with Crippen LogP contribution in [0.2, 0.25) is 5.02 Å². The molecule has 156 valence electrons. The lowest BCUT2D eigenvalue weighted by Gasteiger charge is -2.31. The lowest BCUT2D eigenvalue weighted by molar-refractivity contribution is -0.140. The van der Waals surface area contributed by atoms with Crippen LogP contribution in [-0.2, 0) is 22.6 Å². The van der Waals surface area contributed by atoms with Crippen molar-refractivity contribution in [3.8, 4) is 5.75 Å². The van der Waals surface area contributed by atoms with Gasteiger partial charge in [0.05, 0.1) is 13.5 Å². The second-order valence-electron chi connectivity index (χ2n) is 8.05. The Hall–Kier alpha value is -2.53. The average Bonchev–Trinajstić information content (AvgIpc) is 2.66. The Morgan fingerprint density at radius 3 is 2.28 bits per heavy atom. The van der Waals surface area contributed by atoms with Gasteiger partial charge in [0.25, 0.3) is 0 Å². The van der Waals surface area contributed by atoms with E-state index >= 15 is 0 Å². The molecule has 0 saturated carbocycles. The molecule has 0 aliphatic heterocycles. The number of halogens is 1. The number of rotatable bonds is 7. The van der Waals surface area contributed by atoms with Gasteiger partial charge in [-0.2, -0.15) is 0 Å². The van der Waals surface area contributed by atoms with Crippen LogP contribution in [0.15, 0.2) is 48.5 Å². The first-order valence-electron chi connectivity index (χ1n) is 9.58. The third kappa shape index (κ3) is 6.79. The number of carbonyl (C=O) groups excluding carboxylic acids is 2. The summed E-state index contributed by atoms with van der Waals surface area (Å²) in [6.07, 6.45) is 0.128. The molecule has 0 aliphatic rings. The number of methoxy groups -OCH3 is 1.